The summed E-state index contributed by atoms with van der Waals surface area (Å²) in [5.41, 5.74) is 2.90. The van der Waals surface area contributed by atoms with Crippen LogP contribution in [-0.2, 0) is 30.4 Å². The zero-order chi connectivity index (χ0) is 39.6. The van der Waals surface area contributed by atoms with Gasteiger partial charge < -0.3 is 36.6 Å². The molecule has 14 nitrogen and oxygen atoms in total. The van der Waals surface area contributed by atoms with E-state index >= 15 is 0 Å². The molecule has 6 N–H and O–H groups in total. The topological polar surface area (TPSA) is 199 Å². The number of aliphatic hydroxyl groups is 1. The van der Waals surface area contributed by atoms with Crippen LogP contribution in [0.2, 0.25) is 0 Å². The van der Waals surface area contributed by atoms with E-state index in [1.165, 1.54) is 11.8 Å². The number of aryl methyl sites for hydroxylation is 1. The monoisotopic (exact) mass is 753 g/mol. The van der Waals surface area contributed by atoms with Gasteiger partial charge in [0.05, 0.1) is 17.4 Å². The van der Waals surface area contributed by atoms with E-state index in [4.69, 9.17) is 0 Å². The quantitative estimate of drug-likeness (QED) is 0.210. The Labute approximate surface area is 321 Å². The lowest BCUT2D eigenvalue weighted by molar-refractivity contribution is -0.141. The first-order valence-electron chi connectivity index (χ1n) is 18.9. The zero-order valence-corrected chi connectivity index (χ0v) is 31.7. The molecule has 0 unspecified atom stereocenters. The van der Waals surface area contributed by atoms with Crippen molar-refractivity contribution < 1.29 is 33.9 Å². The molecule has 0 aliphatic carbocycles. The molecule has 0 saturated carbocycles. The lowest BCUT2D eigenvalue weighted by atomic mass is 9.98. The van der Waals surface area contributed by atoms with Crippen molar-refractivity contribution in [2.45, 2.75) is 96.1 Å². The second kappa shape index (κ2) is 18.6. The van der Waals surface area contributed by atoms with Gasteiger partial charge in [-0.1, -0.05) is 74.5 Å². The van der Waals surface area contributed by atoms with Crippen LogP contribution in [0.25, 0.3) is 11.1 Å². The molecule has 3 heterocycles. The van der Waals surface area contributed by atoms with Crippen molar-refractivity contribution in [2.24, 2.45) is 5.92 Å². The molecular formula is C41H51N7O7. The summed E-state index contributed by atoms with van der Waals surface area (Å²) >= 11 is 0. The Kier molecular flexibility index (Phi) is 13.7. The Balaban J connectivity index is 1.49. The Hall–Kier alpha value is -5.63. The molecule has 2 saturated heterocycles. The van der Waals surface area contributed by atoms with Crippen molar-refractivity contribution in [1.29, 1.82) is 0 Å². The molecule has 292 valence electrons. The van der Waals surface area contributed by atoms with E-state index in [9.17, 15) is 33.9 Å². The summed E-state index contributed by atoms with van der Waals surface area (Å²) in [7, 11) is 0. The molecule has 2 fully saturated rings. The molecule has 2 aromatic carbocycles. The van der Waals surface area contributed by atoms with Crippen molar-refractivity contribution in [2.75, 3.05) is 13.1 Å². The van der Waals surface area contributed by atoms with Gasteiger partial charge >= 0.3 is 0 Å². The van der Waals surface area contributed by atoms with Crippen LogP contribution in [0.4, 0.5) is 0 Å². The highest BCUT2D eigenvalue weighted by atomic mass is 16.3. The number of nitrogens with one attached hydrogen (secondary N) is 5. The number of fused-ring (bicyclic) bond motifs is 1. The maximum absolute atomic E-state index is 14.3. The van der Waals surface area contributed by atoms with Crippen LogP contribution in [0.3, 0.4) is 0 Å². The smallest absolute Gasteiger partial charge is 0.254 e. The first-order valence-corrected chi connectivity index (χ1v) is 18.9. The van der Waals surface area contributed by atoms with Crippen molar-refractivity contribution in [3.8, 4) is 11.1 Å². The third-order valence-corrected chi connectivity index (χ3v) is 9.89. The largest absolute Gasteiger partial charge is 0.391 e. The van der Waals surface area contributed by atoms with Crippen LogP contribution in [-0.4, -0.2) is 99.8 Å². The van der Waals surface area contributed by atoms with Gasteiger partial charge in [-0.05, 0) is 61.8 Å². The predicted octanol–water partition coefficient (Wildman–Crippen LogP) is 1.79. The van der Waals surface area contributed by atoms with Crippen LogP contribution < -0.4 is 26.6 Å². The van der Waals surface area contributed by atoms with Gasteiger partial charge in [-0.25, -0.2) is 0 Å². The maximum atomic E-state index is 14.3. The molecule has 1 aromatic heterocycles. The number of carbonyl (C=O) groups is 6. The van der Waals surface area contributed by atoms with E-state index in [2.05, 4.69) is 31.6 Å². The molecule has 55 heavy (non-hydrogen) atoms. The number of hydrogen-bond acceptors (Lipinski definition) is 8. The molecule has 6 amide bonds. The Morgan fingerprint density at radius 1 is 0.891 bits per heavy atom. The minimum atomic E-state index is -1.15. The van der Waals surface area contributed by atoms with Gasteiger partial charge in [0, 0.05) is 32.1 Å². The fraction of sp³-hybridized carbons (Fsp3) is 0.439. The summed E-state index contributed by atoms with van der Waals surface area (Å²) in [4.78, 5) is 88.7. The fourth-order valence-corrected chi connectivity index (χ4v) is 7.08. The van der Waals surface area contributed by atoms with E-state index in [-0.39, 0.29) is 56.7 Å². The average molecular weight is 754 g/mol. The van der Waals surface area contributed by atoms with Gasteiger partial charge in [-0.2, -0.15) is 0 Å². The van der Waals surface area contributed by atoms with Crippen LogP contribution >= 0.6 is 0 Å². The first-order chi connectivity index (χ1) is 26.3. The van der Waals surface area contributed by atoms with Crippen LogP contribution in [0.1, 0.15) is 68.1 Å². The van der Waals surface area contributed by atoms with E-state index in [1.807, 2.05) is 74.5 Å². The van der Waals surface area contributed by atoms with Gasteiger partial charge in [0.15, 0.2) is 0 Å². The second-order valence-corrected chi connectivity index (χ2v) is 14.7. The predicted molar refractivity (Wildman–Crippen MR) is 205 cm³/mol. The fourth-order valence-electron chi connectivity index (χ4n) is 7.08. The summed E-state index contributed by atoms with van der Waals surface area (Å²) in [5, 5.41) is 24.5. The van der Waals surface area contributed by atoms with Gasteiger partial charge in [0.2, 0.25) is 29.5 Å². The molecule has 0 spiro atoms. The SMILES string of the molecule is Cc1nccc(-c2ccccc2)c1C(=O)N[C@H]1CCCNC(=O)[C@@H]2C[C@@H](O)CN2C(=O)[C@H](C)NC(=O)[C@H](CC(C)C)NC(=O)[C@@H](Cc2ccccc2)NC1=O. The molecule has 0 radical (unpaired) electrons. The van der Waals surface area contributed by atoms with Crippen molar-refractivity contribution >= 4 is 35.4 Å². The number of pyridine rings is 1. The van der Waals surface area contributed by atoms with E-state index in [0.717, 1.165) is 11.1 Å². The summed E-state index contributed by atoms with van der Waals surface area (Å²) < 4.78 is 0. The van der Waals surface area contributed by atoms with Gasteiger partial charge in [-0.15, -0.1) is 0 Å². The highest BCUT2D eigenvalue weighted by molar-refractivity contribution is 6.04. The number of benzene rings is 2. The van der Waals surface area contributed by atoms with Gasteiger partial charge in [0.1, 0.15) is 30.2 Å². The minimum absolute atomic E-state index is 0.0162. The molecule has 2 aliphatic rings. The number of amides is 6. The van der Waals surface area contributed by atoms with Crippen molar-refractivity contribution in [3.63, 3.8) is 0 Å². The Morgan fingerprint density at radius 2 is 1.55 bits per heavy atom. The maximum Gasteiger partial charge on any atom is 0.254 e. The average Bonchev–Trinajstić information content (AvgIpc) is 3.56. The van der Waals surface area contributed by atoms with Crippen LogP contribution in [0.5, 0.6) is 0 Å². The third kappa shape index (κ3) is 10.5. The lowest BCUT2D eigenvalue weighted by Gasteiger charge is -2.29. The first kappa shape index (κ1) is 40.6. The number of aliphatic hydroxyl groups excluding tert-OH is 1. The highest BCUT2D eigenvalue weighted by Crippen LogP contribution is 2.25. The van der Waals surface area contributed by atoms with E-state index in [0.29, 0.717) is 11.3 Å². The molecule has 0 bridgehead atoms. The second-order valence-electron chi connectivity index (χ2n) is 14.7. The van der Waals surface area contributed by atoms with E-state index in [1.54, 1.807) is 19.2 Å². The third-order valence-electron chi connectivity index (χ3n) is 9.89. The molecule has 14 heteroatoms. The number of carbonyl (C=O) groups excluding carboxylic acids is 6. The lowest BCUT2D eigenvalue weighted by Crippen LogP contribution is -2.59. The highest BCUT2D eigenvalue weighted by Gasteiger charge is 2.41. The van der Waals surface area contributed by atoms with Gasteiger partial charge in [0.25, 0.3) is 5.91 Å². The number of hydrogen-bond donors (Lipinski definition) is 6. The van der Waals surface area contributed by atoms with Gasteiger partial charge in [-0.3, -0.25) is 33.8 Å². The number of nitrogens with zero attached hydrogens (tertiary/aromatic N) is 2. The number of aromatic nitrogens is 1. The molecule has 6 atom stereocenters. The summed E-state index contributed by atoms with van der Waals surface area (Å²) in [6.45, 7) is 6.98. The van der Waals surface area contributed by atoms with Crippen LogP contribution in [0, 0.1) is 12.8 Å². The molecule has 2 aliphatic heterocycles. The summed E-state index contributed by atoms with van der Waals surface area (Å²) in [6, 6.07) is 14.7. The minimum Gasteiger partial charge on any atom is -0.391 e. The van der Waals surface area contributed by atoms with Crippen LogP contribution in [0.15, 0.2) is 72.9 Å². The summed E-state index contributed by atoms with van der Waals surface area (Å²) in [6.07, 6.45) is 1.31. The van der Waals surface area contributed by atoms with Crippen molar-refractivity contribution in [3.05, 3.63) is 89.7 Å². The molecule has 3 aromatic rings. The summed E-state index contributed by atoms with van der Waals surface area (Å²) in [5.74, 6) is -3.47. The molecular weight excluding hydrogens is 702 g/mol. The molecule has 5 rings (SSSR count). The van der Waals surface area contributed by atoms with E-state index < -0.39 is 71.8 Å². The standard InChI is InChI=1S/C41H51N7O7/c1-24(2)20-32-37(51)44-26(4)41(55)48-23-29(49)22-34(48)39(53)43-18-11-16-31(36(50)47-33(38(52)46-32)21-27-12-7-5-8-13-27)45-40(54)35-25(3)42-19-17-30(35)28-14-9-6-10-15-28/h5-10,12-15,17,19,24,26,29,31-34,49H,11,16,18,20-23H2,1-4H3,(H,43,53)(H,44,51)(H,45,54)(H,46,52)(H,47,50)/t26-,29+,31-,32-,33+,34-/m0/s1. The Morgan fingerprint density at radius 3 is 2.24 bits per heavy atom. The normalized spacial score (nSPS) is 24.5. The zero-order valence-electron chi connectivity index (χ0n) is 31.7. The number of rotatable bonds is 7. The van der Waals surface area contributed by atoms with Crippen molar-refractivity contribution in [1.82, 2.24) is 36.5 Å². The Bertz CT molecular complexity index is 1860.